The van der Waals surface area contributed by atoms with Crippen LogP contribution in [0.1, 0.15) is 35.0 Å². The van der Waals surface area contributed by atoms with Gasteiger partial charge in [0.15, 0.2) is 5.78 Å². The molecule has 0 amide bonds. The van der Waals surface area contributed by atoms with Gasteiger partial charge in [-0.05, 0) is 25.1 Å². The van der Waals surface area contributed by atoms with Crippen molar-refractivity contribution in [3.05, 3.63) is 47.2 Å². The molecule has 3 rings (SSSR count). The molecule has 0 aliphatic heterocycles. The number of nitrogens with zero attached hydrogens (tertiary/aromatic N) is 2. The first kappa shape index (κ1) is 18.0. The van der Waals surface area contributed by atoms with Gasteiger partial charge in [-0.25, -0.2) is 0 Å². The minimum absolute atomic E-state index is 0.0143. The largest absolute Gasteiger partial charge is 0.466 e. The number of esters is 1. The average molecular weight is 364 g/mol. The molecule has 1 aliphatic carbocycles. The van der Waals surface area contributed by atoms with Gasteiger partial charge < -0.3 is 4.74 Å². The molecular formula is C18H15F3N2O3. The summed E-state index contributed by atoms with van der Waals surface area (Å²) in [5, 5.41) is 7.91. The minimum atomic E-state index is -4.47. The van der Waals surface area contributed by atoms with Gasteiger partial charge in [0.25, 0.3) is 0 Å². The zero-order valence-electron chi connectivity index (χ0n) is 13.8. The average Bonchev–Trinajstić information content (AvgIpc) is 2.61. The maximum atomic E-state index is 12.9. The Hall–Kier alpha value is -2.77. The molecule has 26 heavy (non-hydrogen) atoms. The quantitative estimate of drug-likeness (QED) is 0.780. The molecule has 0 saturated carbocycles. The van der Waals surface area contributed by atoms with Crippen LogP contribution in [0.2, 0.25) is 0 Å². The molecule has 0 spiro atoms. The molecule has 136 valence electrons. The summed E-state index contributed by atoms with van der Waals surface area (Å²) in [5.74, 6) is -1.37. The third-order valence-corrected chi connectivity index (χ3v) is 4.15. The molecular weight excluding hydrogens is 349 g/mol. The van der Waals surface area contributed by atoms with Crippen LogP contribution in [0, 0.1) is 5.92 Å². The molecule has 1 aliphatic rings. The number of hydrogen-bond donors (Lipinski definition) is 0. The molecule has 0 radical (unpaired) electrons. The van der Waals surface area contributed by atoms with E-state index >= 15 is 0 Å². The molecule has 0 bridgehead atoms. The number of aromatic nitrogens is 2. The molecule has 0 fully saturated rings. The van der Waals surface area contributed by atoms with Gasteiger partial charge in [0.2, 0.25) is 0 Å². The van der Waals surface area contributed by atoms with Gasteiger partial charge in [-0.15, -0.1) is 0 Å². The summed E-state index contributed by atoms with van der Waals surface area (Å²) in [5.41, 5.74) is 0.236. The maximum Gasteiger partial charge on any atom is 0.416 e. The molecule has 0 saturated heterocycles. The van der Waals surface area contributed by atoms with E-state index in [4.69, 9.17) is 4.74 Å². The van der Waals surface area contributed by atoms with Crippen LogP contribution in [0.5, 0.6) is 0 Å². The first-order valence-corrected chi connectivity index (χ1v) is 8.03. The van der Waals surface area contributed by atoms with E-state index in [-0.39, 0.29) is 42.1 Å². The maximum absolute atomic E-state index is 12.9. The number of fused-ring (bicyclic) bond motifs is 1. The molecule has 1 atom stereocenters. The highest BCUT2D eigenvalue weighted by Crippen LogP contribution is 2.33. The van der Waals surface area contributed by atoms with E-state index < -0.39 is 23.6 Å². The van der Waals surface area contributed by atoms with E-state index in [2.05, 4.69) is 10.2 Å². The lowest BCUT2D eigenvalue weighted by molar-refractivity contribution is -0.148. The van der Waals surface area contributed by atoms with Gasteiger partial charge in [-0.3, -0.25) is 9.59 Å². The predicted molar refractivity (Wildman–Crippen MR) is 85.2 cm³/mol. The van der Waals surface area contributed by atoms with Crippen molar-refractivity contribution in [2.75, 3.05) is 6.61 Å². The Morgan fingerprint density at radius 1 is 1.23 bits per heavy atom. The van der Waals surface area contributed by atoms with Crippen LogP contribution in [-0.4, -0.2) is 28.6 Å². The van der Waals surface area contributed by atoms with E-state index in [0.717, 1.165) is 12.1 Å². The number of carbonyl (C=O) groups is 2. The van der Waals surface area contributed by atoms with Crippen LogP contribution >= 0.6 is 0 Å². The van der Waals surface area contributed by atoms with Crippen molar-refractivity contribution in [2.24, 2.45) is 5.92 Å². The van der Waals surface area contributed by atoms with Crippen molar-refractivity contribution in [1.29, 1.82) is 0 Å². The second-order valence-corrected chi connectivity index (χ2v) is 5.95. The fourth-order valence-electron chi connectivity index (χ4n) is 2.87. The molecule has 2 aromatic rings. The lowest BCUT2D eigenvalue weighted by atomic mass is 9.85. The van der Waals surface area contributed by atoms with E-state index in [0.29, 0.717) is 5.69 Å². The fourth-order valence-corrected chi connectivity index (χ4v) is 2.87. The van der Waals surface area contributed by atoms with Crippen LogP contribution in [0.25, 0.3) is 11.3 Å². The van der Waals surface area contributed by atoms with Crippen molar-refractivity contribution < 1.29 is 27.5 Å². The highest BCUT2D eigenvalue weighted by Gasteiger charge is 2.33. The van der Waals surface area contributed by atoms with E-state index in [1.54, 1.807) is 6.92 Å². The van der Waals surface area contributed by atoms with Crippen molar-refractivity contribution in [3.63, 3.8) is 0 Å². The van der Waals surface area contributed by atoms with E-state index in [1.165, 1.54) is 18.2 Å². The number of carbonyl (C=O) groups excluding carboxylic acids is 2. The molecule has 1 aromatic heterocycles. The fraction of sp³-hybridized carbons (Fsp3) is 0.333. The van der Waals surface area contributed by atoms with E-state index in [9.17, 15) is 22.8 Å². The molecule has 1 aromatic carbocycles. The molecule has 5 nitrogen and oxygen atoms in total. The Morgan fingerprint density at radius 2 is 2.00 bits per heavy atom. The number of halogens is 3. The van der Waals surface area contributed by atoms with Gasteiger partial charge in [0.1, 0.15) is 0 Å². The summed E-state index contributed by atoms with van der Waals surface area (Å²) < 4.78 is 43.5. The summed E-state index contributed by atoms with van der Waals surface area (Å²) in [4.78, 5) is 24.2. The number of hydrogen-bond acceptors (Lipinski definition) is 5. The van der Waals surface area contributed by atoms with E-state index in [1.807, 2.05) is 0 Å². The lowest BCUT2D eigenvalue weighted by Crippen LogP contribution is -2.29. The van der Waals surface area contributed by atoms with Crippen LogP contribution in [0.4, 0.5) is 13.2 Å². The Morgan fingerprint density at radius 3 is 2.69 bits per heavy atom. The van der Waals surface area contributed by atoms with Crippen LogP contribution < -0.4 is 0 Å². The van der Waals surface area contributed by atoms with Crippen LogP contribution in [0.15, 0.2) is 30.3 Å². The van der Waals surface area contributed by atoms with Crippen molar-refractivity contribution in [2.45, 2.75) is 25.9 Å². The van der Waals surface area contributed by atoms with Gasteiger partial charge in [-0.2, -0.15) is 23.4 Å². The number of alkyl halides is 3. The summed E-state index contributed by atoms with van der Waals surface area (Å²) >= 11 is 0. The second-order valence-electron chi connectivity index (χ2n) is 5.95. The number of ether oxygens (including phenoxy) is 1. The molecule has 0 N–H and O–H groups in total. The first-order chi connectivity index (χ1) is 12.3. The topological polar surface area (TPSA) is 69.2 Å². The van der Waals surface area contributed by atoms with Crippen LogP contribution in [0.3, 0.4) is 0 Å². The standard InChI is InChI=1S/C18H15F3N2O3/c1-2-26-17(25)11-7-15-13(16(24)8-11)9-14(22-23-15)10-4-3-5-12(6-10)18(19,20)21/h3-6,9,11H,2,7-8H2,1H3. The number of Topliss-reactive ketones (excluding diaryl/α,β-unsaturated/α-hetero) is 1. The summed E-state index contributed by atoms with van der Waals surface area (Å²) in [6.45, 7) is 1.90. The summed E-state index contributed by atoms with van der Waals surface area (Å²) in [6.07, 6.45) is -4.27. The van der Waals surface area contributed by atoms with Gasteiger partial charge in [-0.1, -0.05) is 12.1 Å². The molecule has 8 heteroatoms. The predicted octanol–water partition coefficient (Wildman–Crippen LogP) is 3.47. The Kier molecular flexibility index (Phi) is 4.76. The Labute approximate surface area is 147 Å². The summed E-state index contributed by atoms with van der Waals surface area (Å²) in [6, 6.07) is 6.11. The van der Waals surface area contributed by atoms with Gasteiger partial charge in [0, 0.05) is 24.0 Å². The van der Waals surface area contributed by atoms with Gasteiger partial charge in [0.05, 0.1) is 29.5 Å². The monoisotopic (exact) mass is 364 g/mol. The summed E-state index contributed by atoms with van der Waals surface area (Å²) in [7, 11) is 0. The van der Waals surface area contributed by atoms with Gasteiger partial charge >= 0.3 is 12.1 Å². The molecule has 1 heterocycles. The number of benzene rings is 1. The molecule has 1 unspecified atom stereocenters. The zero-order valence-corrected chi connectivity index (χ0v) is 13.8. The normalized spacial score (nSPS) is 16.9. The van der Waals surface area contributed by atoms with Crippen LogP contribution in [-0.2, 0) is 22.1 Å². The van der Waals surface area contributed by atoms with Crippen molar-refractivity contribution in [1.82, 2.24) is 10.2 Å². The number of rotatable bonds is 3. The Balaban J connectivity index is 1.92. The minimum Gasteiger partial charge on any atom is -0.466 e. The van der Waals surface area contributed by atoms with Crippen molar-refractivity contribution >= 4 is 11.8 Å². The SMILES string of the molecule is CCOC(=O)C1CC(=O)c2cc(-c3cccc(C(F)(F)F)c3)nnc2C1. The highest BCUT2D eigenvalue weighted by molar-refractivity contribution is 6.01. The third kappa shape index (κ3) is 3.58. The first-order valence-electron chi connectivity index (χ1n) is 8.03. The third-order valence-electron chi connectivity index (χ3n) is 4.15. The highest BCUT2D eigenvalue weighted by atomic mass is 19.4. The Bertz CT molecular complexity index is 865. The van der Waals surface area contributed by atoms with Crippen molar-refractivity contribution in [3.8, 4) is 11.3 Å². The lowest BCUT2D eigenvalue weighted by Gasteiger charge is -2.21. The smallest absolute Gasteiger partial charge is 0.416 e. The zero-order chi connectivity index (χ0) is 18.9. The second kappa shape index (κ2) is 6.86. The number of ketones is 1.